The van der Waals surface area contributed by atoms with Gasteiger partial charge in [-0.15, -0.1) is 0 Å². The molecule has 0 fully saturated rings. The number of hydrogen-bond acceptors (Lipinski definition) is 3. The molecule has 1 rings (SSSR count). The Hall–Kier alpha value is -1.03. The van der Waals surface area contributed by atoms with Crippen molar-refractivity contribution in [2.45, 2.75) is 18.7 Å². The number of halogens is 1. The largest absolute Gasteiger partial charge is 0.496 e. The number of esters is 1. The zero-order valence-corrected chi connectivity index (χ0v) is 11.3. The normalized spacial score (nSPS) is 10.0. The molecule has 1 aromatic carbocycles. The summed E-state index contributed by atoms with van der Waals surface area (Å²) in [6.07, 6.45) is 0.298. The minimum atomic E-state index is -0.228. The molecule has 0 aliphatic rings. The number of aryl methyl sites for hydroxylation is 1. The summed E-state index contributed by atoms with van der Waals surface area (Å²) in [6, 6.07) is 3.91. The van der Waals surface area contributed by atoms with Crippen LogP contribution in [0.2, 0.25) is 0 Å². The monoisotopic (exact) mass is 286 g/mol. The number of benzene rings is 1. The smallest absolute Gasteiger partial charge is 0.309 e. The zero-order chi connectivity index (χ0) is 12.1. The lowest BCUT2D eigenvalue weighted by Crippen LogP contribution is -2.06. The summed E-state index contributed by atoms with van der Waals surface area (Å²) in [4.78, 5) is 11.2. The van der Waals surface area contributed by atoms with Crippen LogP contribution >= 0.6 is 15.9 Å². The summed E-state index contributed by atoms with van der Waals surface area (Å²) in [5.41, 5.74) is 3.04. The second-order valence-corrected chi connectivity index (χ2v) is 4.04. The highest BCUT2D eigenvalue weighted by Gasteiger charge is 2.10. The molecule has 4 heteroatoms. The van der Waals surface area contributed by atoms with Crippen molar-refractivity contribution in [3.8, 4) is 5.75 Å². The zero-order valence-electron chi connectivity index (χ0n) is 9.67. The molecule has 0 amide bonds. The predicted octanol–water partition coefficient (Wildman–Crippen LogP) is 2.61. The van der Waals surface area contributed by atoms with E-state index in [0.717, 1.165) is 22.4 Å². The average molecular weight is 287 g/mol. The topological polar surface area (TPSA) is 35.5 Å². The average Bonchev–Trinajstić information content (AvgIpc) is 2.30. The molecule has 0 unspecified atom stereocenters. The summed E-state index contributed by atoms with van der Waals surface area (Å²) < 4.78 is 9.91. The summed E-state index contributed by atoms with van der Waals surface area (Å²) in [5, 5.41) is 0.699. The van der Waals surface area contributed by atoms with E-state index in [1.54, 1.807) is 7.11 Å². The number of ether oxygens (including phenoxy) is 2. The summed E-state index contributed by atoms with van der Waals surface area (Å²) in [6.45, 7) is 1.96. The Labute approximate surface area is 104 Å². The van der Waals surface area contributed by atoms with E-state index >= 15 is 0 Å². The van der Waals surface area contributed by atoms with Crippen molar-refractivity contribution in [1.82, 2.24) is 0 Å². The van der Waals surface area contributed by atoms with E-state index in [0.29, 0.717) is 11.8 Å². The van der Waals surface area contributed by atoms with Crippen molar-refractivity contribution in [3.05, 3.63) is 28.8 Å². The molecule has 0 heterocycles. The molecule has 0 N–H and O–H groups in total. The lowest BCUT2D eigenvalue weighted by atomic mass is 10.0. The molecular formula is C12H15BrO3. The number of carbonyl (C=O) groups excluding carboxylic acids is 1. The summed E-state index contributed by atoms with van der Waals surface area (Å²) in [7, 11) is 3.04. The van der Waals surface area contributed by atoms with Crippen molar-refractivity contribution in [1.29, 1.82) is 0 Å². The molecule has 0 aliphatic heterocycles. The molecule has 0 saturated heterocycles. The Morgan fingerprint density at radius 1 is 1.31 bits per heavy atom. The number of hydrogen-bond donors (Lipinski definition) is 0. The Bertz CT molecular complexity index is 388. The van der Waals surface area contributed by atoms with Crippen molar-refractivity contribution in [3.63, 3.8) is 0 Å². The lowest BCUT2D eigenvalue weighted by Gasteiger charge is -2.11. The molecular weight excluding hydrogens is 272 g/mol. The third-order valence-electron chi connectivity index (χ3n) is 2.45. The highest BCUT2D eigenvalue weighted by Crippen LogP contribution is 2.25. The van der Waals surface area contributed by atoms with Crippen LogP contribution in [-0.2, 0) is 21.3 Å². The number of alkyl halides is 1. The first kappa shape index (κ1) is 13.0. The van der Waals surface area contributed by atoms with Gasteiger partial charge >= 0.3 is 5.97 Å². The van der Waals surface area contributed by atoms with Crippen molar-refractivity contribution < 1.29 is 14.3 Å². The third-order valence-corrected chi connectivity index (χ3v) is 3.05. The number of carbonyl (C=O) groups is 1. The van der Waals surface area contributed by atoms with Gasteiger partial charge in [-0.05, 0) is 24.1 Å². The molecule has 3 nitrogen and oxygen atoms in total. The van der Waals surface area contributed by atoms with Gasteiger partial charge in [-0.2, -0.15) is 0 Å². The van der Waals surface area contributed by atoms with Gasteiger partial charge in [-0.1, -0.05) is 22.0 Å². The van der Waals surface area contributed by atoms with Gasteiger partial charge in [0.25, 0.3) is 0 Å². The first-order valence-electron chi connectivity index (χ1n) is 4.91. The van der Waals surface area contributed by atoms with E-state index in [2.05, 4.69) is 20.7 Å². The quantitative estimate of drug-likeness (QED) is 0.631. The van der Waals surface area contributed by atoms with E-state index in [1.165, 1.54) is 7.11 Å². The molecule has 0 spiro atoms. The minimum Gasteiger partial charge on any atom is -0.496 e. The standard InChI is InChI=1S/C12H15BrO3/c1-8-4-11(15-2)10(7-13)5-9(8)6-12(14)16-3/h4-5H,6-7H2,1-3H3. The van der Waals surface area contributed by atoms with Crippen LogP contribution in [-0.4, -0.2) is 20.2 Å². The van der Waals surface area contributed by atoms with Gasteiger partial charge in [0, 0.05) is 10.9 Å². The number of methoxy groups -OCH3 is 2. The van der Waals surface area contributed by atoms with E-state index in [-0.39, 0.29) is 5.97 Å². The maximum atomic E-state index is 11.2. The Morgan fingerprint density at radius 3 is 2.50 bits per heavy atom. The molecule has 0 saturated carbocycles. The van der Waals surface area contributed by atoms with Crippen LogP contribution in [0.3, 0.4) is 0 Å². The highest BCUT2D eigenvalue weighted by atomic mass is 79.9. The fourth-order valence-electron chi connectivity index (χ4n) is 1.49. The van der Waals surface area contributed by atoms with Crippen LogP contribution in [0.1, 0.15) is 16.7 Å². The van der Waals surface area contributed by atoms with Crippen LogP contribution in [0, 0.1) is 6.92 Å². The van der Waals surface area contributed by atoms with Gasteiger partial charge in [0.2, 0.25) is 0 Å². The van der Waals surface area contributed by atoms with Crippen LogP contribution in [0.15, 0.2) is 12.1 Å². The fourth-order valence-corrected chi connectivity index (χ4v) is 1.93. The van der Waals surface area contributed by atoms with Crippen LogP contribution < -0.4 is 4.74 Å². The maximum absolute atomic E-state index is 11.2. The molecule has 88 valence electrons. The Kier molecular flexibility index (Phi) is 4.80. The van der Waals surface area contributed by atoms with Gasteiger partial charge < -0.3 is 9.47 Å². The predicted molar refractivity (Wildman–Crippen MR) is 66.1 cm³/mol. The minimum absolute atomic E-state index is 0.228. The molecule has 0 radical (unpaired) electrons. The summed E-state index contributed by atoms with van der Waals surface area (Å²) >= 11 is 3.39. The van der Waals surface area contributed by atoms with Gasteiger partial charge in [-0.25, -0.2) is 0 Å². The van der Waals surface area contributed by atoms with Crippen molar-refractivity contribution >= 4 is 21.9 Å². The van der Waals surface area contributed by atoms with E-state index in [1.807, 2.05) is 19.1 Å². The maximum Gasteiger partial charge on any atom is 0.309 e. The molecule has 0 bridgehead atoms. The third kappa shape index (κ3) is 2.98. The molecule has 1 aromatic rings. The van der Waals surface area contributed by atoms with Crippen molar-refractivity contribution in [2.75, 3.05) is 14.2 Å². The van der Waals surface area contributed by atoms with Crippen LogP contribution in [0.4, 0.5) is 0 Å². The van der Waals surface area contributed by atoms with Gasteiger partial charge in [-0.3, -0.25) is 4.79 Å². The van der Waals surface area contributed by atoms with Gasteiger partial charge in [0.05, 0.1) is 20.6 Å². The Balaban J connectivity index is 3.06. The number of rotatable bonds is 4. The van der Waals surface area contributed by atoms with E-state index in [4.69, 9.17) is 4.74 Å². The fraction of sp³-hybridized carbons (Fsp3) is 0.417. The molecule has 16 heavy (non-hydrogen) atoms. The van der Waals surface area contributed by atoms with E-state index in [9.17, 15) is 4.79 Å². The second kappa shape index (κ2) is 5.89. The highest BCUT2D eigenvalue weighted by molar-refractivity contribution is 9.08. The lowest BCUT2D eigenvalue weighted by molar-refractivity contribution is -0.139. The first-order valence-corrected chi connectivity index (χ1v) is 6.03. The van der Waals surface area contributed by atoms with E-state index < -0.39 is 0 Å². The summed E-state index contributed by atoms with van der Waals surface area (Å²) in [5.74, 6) is 0.608. The SMILES string of the molecule is COC(=O)Cc1cc(CBr)c(OC)cc1C. The Morgan fingerprint density at radius 2 is 2.00 bits per heavy atom. The van der Waals surface area contributed by atoms with Crippen LogP contribution in [0.5, 0.6) is 5.75 Å². The van der Waals surface area contributed by atoms with Crippen LogP contribution in [0.25, 0.3) is 0 Å². The molecule has 0 aliphatic carbocycles. The van der Waals surface area contributed by atoms with Gasteiger partial charge in [0.1, 0.15) is 5.75 Å². The molecule has 0 aromatic heterocycles. The second-order valence-electron chi connectivity index (χ2n) is 3.48. The van der Waals surface area contributed by atoms with Crippen molar-refractivity contribution in [2.24, 2.45) is 0 Å². The van der Waals surface area contributed by atoms with Gasteiger partial charge in [0.15, 0.2) is 0 Å². The molecule has 0 atom stereocenters. The first-order chi connectivity index (χ1) is 7.62.